The highest BCUT2D eigenvalue weighted by molar-refractivity contribution is 8.06. The average Bonchev–Trinajstić information content (AvgIpc) is 2.59. The van der Waals surface area contributed by atoms with Crippen LogP contribution in [0.1, 0.15) is 25.7 Å². The minimum Gasteiger partial charge on any atom is -0.263 e. The Balaban J connectivity index is 2.10. The number of nitrogens with zero attached hydrogens (tertiary/aromatic N) is 1. The van der Waals surface area contributed by atoms with Gasteiger partial charge in [0, 0.05) is 16.8 Å². The lowest BCUT2D eigenvalue weighted by molar-refractivity contribution is 0.508. The van der Waals surface area contributed by atoms with Crippen molar-refractivity contribution in [3.8, 4) is 0 Å². The first-order valence-corrected chi connectivity index (χ1v) is 5.42. The molecule has 0 saturated heterocycles. The first kappa shape index (κ1) is 6.96. The molecule has 0 bridgehead atoms. The molecule has 1 aliphatic carbocycles. The maximum atomic E-state index is 4.52. The van der Waals surface area contributed by atoms with Crippen LogP contribution in [0.15, 0.2) is 27.6 Å². The largest absolute Gasteiger partial charge is 0.263 e. The number of rotatable bonds is 0. The maximum Gasteiger partial charge on any atom is 0.0601 e. The molecule has 2 heterocycles. The van der Waals surface area contributed by atoms with Crippen molar-refractivity contribution < 1.29 is 0 Å². The van der Waals surface area contributed by atoms with Crippen LogP contribution >= 0.6 is 11.8 Å². The van der Waals surface area contributed by atoms with Gasteiger partial charge in [0.2, 0.25) is 0 Å². The van der Waals surface area contributed by atoms with Crippen LogP contribution in [0.25, 0.3) is 0 Å². The minimum absolute atomic E-state index is 0.295. The number of hydrogen-bond acceptors (Lipinski definition) is 2. The highest BCUT2D eigenvalue weighted by Crippen LogP contribution is 2.54. The van der Waals surface area contributed by atoms with E-state index in [1.165, 1.54) is 36.3 Å². The van der Waals surface area contributed by atoms with E-state index in [1.54, 1.807) is 0 Å². The lowest BCUT2D eigenvalue weighted by Gasteiger charge is -2.30. The van der Waals surface area contributed by atoms with Gasteiger partial charge in [-0.15, -0.1) is 0 Å². The van der Waals surface area contributed by atoms with E-state index in [4.69, 9.17) is 0 Å². The molecule has 3 aliphatic rings. The molecule has 12 heavy (non-hydrogen) atoms. The van der Waals surface area contributed by atoms with Crippen LogP contribution in [0.3, 0.4) is 0 Å². The molecular weight excluding hydrogens is 166 g/mol. The van der Waals surface area contributed by atoms with Crippen molar-refractivity contribution in [2.75, 3.05) is 0 Å². The molecule has 0 amide bonds. The van der Waals surface area contributed by atoms with Gasteiger partial charge in [-0.1, -0.05) is 24.3 Å². The zero-order valence-electron chi connectivity index (χ0n) is 6.92. The number of aliphatic imine (C=N–C) groups is 1. The Morgan fingerprint density at radius 1 is 1.42 bits per heavy atom. The molecule has 1 nitrogen and oxygen atoms in total. The Labute approximate surface area is 76.6 Å². The number of allylic oxidation sites excluding steroid dienone is 2. The van der Waals surface area contributed by atoms with E-state index in [9.17, 15) is 0 Å². The molecule has 3 rings (SSSR count). The topological polar surface area (TPSA) is 12.4 Å². The molecule has 2 aliphatic heterocycles. The van der Waals surface area contributed by atoms with E-state index in [-0.39, 0.29) is 0 Å². The SMILES string of the molecule is C1=CC23CCCCC2=NC=C3S1. The Morgan fingerprint density at radius 2 is 2.42 bits per heavy atom. The van der Waals surface area contributed by atoms with Crippen molar-refractivity contribution in [2.45, 2.75) is 25.7 Å². The molecule has 62 valence electrons. The summed E-state index contributed by atoms with van der Waals surface area (Å²) in [7, 11) is 0. The smallest absolute Gasteiger partial charge is 0.0601 e. The summed E-state index contributed by atoms with van der Waals surface area (Å²) in [6, 6.07) is 0. The number of thioether (sulfide) groups is 1. The molecule has 0 aromatic carbocycles. The number of hydrogen-bond donors (Lipinski definition) is 0. The Hall–Kier alpha value is -0.500. The quantitative estimate of drug-likeness (QED) is 0.554. The van der Waals surface area contributed by atoms with Gasteiger partial charge < -0.3 is 0 Å². The van der Waals surface area contributed by atoms with Gasteiger partial charge in [-0.05, 0) is 24.7 Å². The van der Waals surface area contributed by atoms with E-state index >= 15 is 0 Å². The van der Waals surface area contributed by atoms with Crippen molar-refractivity contribution in [1.82, 2.24) is 0 Å². The molecule has 0 aromatic rings. The van der Waals surface area contributed by atoms with Gasteiger partial charge in [0.25, 0.3) is 0 Å². The van der Waals surface area contributed by atoms with Crippen LogP contribution in [0.4, 0.5) is 0 Å². The Kier molecular flexibility index (Phi) is 1.31. The van der Waals surface area contributed by atoms with Crippen LogP contribution < -0.4 is 0 Å². The lowest BCUT2D eigenvalue weighted by atomic mass is 9.73. The highest BCUT2D eigenvalue weighted by atomic mass is 32.2. The highest BCUT2D eigenvalue weighted by Gasteiger charge is 2.43. The molecular formula is C10H11NS. The molecule has 1 unspecified atom stereocenters. The zero-order valence-corrected chi connectivity index (χ0v) is 7.73. The first-order chi connectivity index (χ1) is 5.92. The van der Waals surface area contributed by atoms with Gasteiger partial charge in [0.05, 0.1) is 5.41 Å². The van der Waals surface area contributed by atoms with E-state index in [1.807, 2.05) is 11.8 Å². The van der Waals surface area contributed by atoms with Crippen molar-refractivity contribution in [3.05, 3.63) is 22.6 Å². The fraction of sp³-hybridized carbons (Fsp3) is 0.500. The molecule has 1 atom stereocenters. The zero-order chi connectivity index (χ0) is 8.02. The lowest BCUT2D eigenvalue weighted by Crippen LogP contribution is -2.29. The molecule has 0 N–H and O–H groups in total. The van der Waals surface area contributed by atoms with E-state index in [2.05, 4.69) is 22.7 Å². The summed E-state index contributed by atoms with van der Waals surface area (Å²) < 4.78 is 0. The average molecular weight is 177 g/mol. The van der Waals surface area contributed by atoms with Crippen LogP contribution in [0.5, 0.6) is 0 Å². The van der Waals surface area contributed by atoms with Crippen molar-refractivity contribution in [2.24, 2.45) is 10.4 Å². The van der Waals surface area contributed by atoms with Crippen LogP contribution in [-0.4, -0.2) is 5.71 Å². The summed E-state index contributed by atoms with van der Waals surface area (Å²) in [5, 5.41) is 2.23. The summed E-state index contributed by atoms with van der Waals surface area (Å²) >= 11 is 1.86. The van der Waals surface area contributed by atoms with Gasteiger partial charge in [-0.2, -0.15) is 0 Å². The minimum atomic E-state index is 0.295. The summed E-state index contributed by atoms with van der Waals surface area (Å²) in [6.45, 7) is 0. The summed E-state index contributed by atoms with van der Waals surface area (Å²) in [4.78, 5) is 5.99. The Morgan fingerprint density at radius 3 is 3.42 bits per heavy atom. The summed E-state index contributed by atoms with van der Waals surface area (Å²) in [5.41, 5.74) is 1.72. The molecule has 1 fully saturated rings. The van der Waals surface area contributed by atoms with Crippen molar-refractivity contribution in [3.63, 3.8) is 0 Å². The third-order valence-electron chi connectivity index (χ3n) is 3.07. The van der Waals surface area contributed by atoms with Crippen LogP contribution in [0.2, 0.25) is 0 Å². The third-order valence-corrected chi connectivity index (χ3v) is 4.07. The molecule has 2 heteroatoms. The molecule has 0 radical (unpaired) electrons. The molecule has 0 aromatic heterocycles. The monoisotopic (exact) mass is 177 g/mol. The van der Waals surface area contributed by atoms with Gasteiger partial charge in [-0.3, -0.25) is 4.99 Å². The van der Waals surface area contributed by atoms with E-state index in [0.29, 0.717) is 5.41 Å². The second-order valence-electron chi connectivity index (χ2n) is 3.67. The van der Waals surface area contributed by atoms with E-state index in [0.717, 1.165) is 0 Å². The Bertz CT molecular complexity index is 314. The predicted molar refractivity (Wildman–Crippen MR) is 53.2 cm³/mol. The van der Waals surface area contributed by atoms with Gasteiger partial charge in [0.15, 0.2) is 0 Å². The maximum absolute atomic E-state index is 4.52. The molecule has 1 spiro atoms. The standard InChI is InChI=1S/C10H11NS/c1-2-4-10-5-6-12-9(10)7-11-8(10)3-1/h5-7H,1-4H2. The molecule has 1 saturated carbocycles. The van der Waals surface area contributed by atoms with Crippen LogP contribution in [-0.2, 0) is 0 Å². The first-order valence-electron chi connectivity index (χ1n) is 4.54. The fourth-order valence-electron chi connectivity index (χ4n) is 2.38. The van der Waals surface area contributed by atoms with Crippen molar-refractivity contribution in [1.29, 1.82) is 0 Å². The normalized spacial score (nSPS) is 37.3. The van der Waals surface area contributed by atoms with E-state index < -0.39 is 0 Å². The predicted octanol–water partition coefficient (Wildman–Crippen LogP) is 3.10. The van der Waals surface area contributed by atoms with Gasteiger partial charge in [0.1, 0.15) is 0 Å². The summed E-state index contributed by atoms with van der Waals surface area (Å²) in [6.07, 6.45) is 9.63. The fourth-order valence-corrected chi connectivity index (χ4v) is 3.44. The van der Waals surface area contributed by atoms with Crippen molar-refractivity contribution >= 4 is 17.5 Å². The third kappa shape index (κ3) is 0.692. The van der Waals surface area contributed by atoms with Gasteiger partial charge in [-0.25, -0.2) is 0 Å². The summed E-state index contributed by atoms with van der Waals surface area (Å²) in [5.74, 6) is 0. The van der Waals surface area contributed by atoms with Crippen LogP contribution in [0, 0.1) is 5.41 Å². The second kappa shape index (κ2) is 2.25. The van der Waals surface area contributed by atoms with Gasteiger partial charge >= 0.3 is 0 Å². The second-order valence-corrected chi connectivity index (χ2v) is 4.62.